The van der Waals surface area contributed by atoms with Crippen LogP contribution >= 0.6 is 11.3 Å². The molecule has 0 atom stereocenters. The van der Waals surface area contributed by atoms with Crippen LogP contribution in [-0.4, -0.2) is 30.8 Å². The highest BCUT2D eigenvalue weighted by Crippen LogP contribution is 2.31. The summed E-state index contributed by atoms with van der Waals surface area (Å²) in [5, 5.41) is 0. The normalized spacial score (nSPS) is 17.7. The summed E-state index contributed by atoms with van der Waals surface area (Å²) in [6.07, 6.45) is 3.13. The number of hydrogen-bond donors (Lipinski definition) is 1. The third kappa shape index (κ3) is 3.02. The van der Waals surface area contributed by atoms with Gasteiger partial charge in [-0.05, 0) is 49.4 Å². The molecule has 0 spiro atoms. The van der Waals surface area contributed by atoms with Gasteiger partial charge in [-0.3, -0.25) is 4.79 Å². The molecule has 22 heavy (non-hydrogen) atoms. The SMILES string of the molecule is Cc1ccc(S(=O)(=O)N2CCC(c3cc[nH]c(=O)c3)CC2)s1. The van der Waals surface area contributed by atoms with Crippen LogP contribution in [0.5, 0.6) is 0 Å². The lowest BCUT2D eigenvalue weighted by molar-refractivity contribution is 0.320. The second-order valence-corrected chi connectivity index (χ2v) is 8.98. The van der Waals surface area contributed by atoms with E-state index >= 15 is 0 Å². The van der Waals surface area contributed by atoms with E-state index in [9.17, 15) is 13.2 Å². The average Bonchev–Trinajstić information content (AvgIpc) is 2.95. The fourth-order valence-corrected chi connectivity index (χ4v) is 5.73. The minimum absolute atomic E-state index is 0.110. The van der Waals surface area contributed by atoms with E-state index < -0.39 is 10.0 Å². The van der Waals surface area contributed by atoms with Crippen molar-refractivity contribution in [1.82, 2.24) is 9.29 Å². The number of aromatic amines is 1. The quantitative estimate of drug-likeness (QED) is 0.933. The highest BCUT2D eigenvalue weighted by atomic mass is 32.2. The van der Waals surface area contributed by atoms with Crippen molar-refractivity contribution in [3.8, 4) is 0 Å². The van der Waals surface area contributed by atoms with E-state index in [0.717, 1.165) is 23.3 Å². The summed E-state index contributed by atoms with van der Waals surface area (Å²) in [5.41, 5.74) is 0.884. The minimum atomic E-state index is -3.37. The monoisotopic (exact) mass is 338 g/mol. The summed E-state index contributed by atoms with van der Waals surface area (Å²) in [5.74, 6) is 0.249. The topological polar surface area (TPSA) is 70.2 Å². The van der Waals surface area contributed by atoms with Crippen LogP contribution in [0, 0.1) is 6.92 Å². The molecule has 1 aliphatic heterocycles. The Balaban J connectivity index is 1.73. The lowest BCUT2D eigenvalue weighted by Crippen LogP contribution is -2.37. The molecule has 1 fully saturated rings. The Morgan fingerprint density at radius 2 is 1.95 bits per heavy atom. The number of sulfonamides is 1. The molecule has 118 valence electrons. The van der Waals surface area contributed by atoms with Crippen molar-refractivity contribution in [2.24, 2.45) is 0 Å². The molecule has 1 N–H and O–H groups in total. The van der Waals surface area contributed by atoms with Gasteiger partial charge in [0.05, 0.1) is 0 Å². The van der Waals surface area contributed by atoms with E-state index in [0.29, 0.717) is 17.3 Å². The Labute approximate surface area is 133 Å². The molecular formula is C15H18N2O3S2. The lowest BCUT2D eigenvalue weighted by atomic mass is 9.91. The number of aromatic nitrogens is 1. The summed E-state index contributed by atoms with van der Waals surface area (Å²) >= 11 is 1.31. The highest BCUT2D eigenvalue weighted by molar-refractivity contribution is 7.91. The fraction of sp³-hybridized carbons (Fsp3) is 0.400. The third-order valence-corrected chi connectivity index (χ3v) is 7.40. The molecule has 0 radical (unpaired) electrons. The molecule has 0 unspecified atom stereocenters. The summed E-state index contributed by atoms with van der Waals surface area (Å²) in [6, 6.07) is 7.02. The second-order valence-electron chi connectivity index (χ2n) is 5.53. The number of thiophene rings is 1. The maximum atomic E-state index is 12.6. The Morgan fingerprint density at radius 3 is 2.55 bits per heavy atom. The molecule has 0 saturated carbocycles. The maximum absolute atomic E-state index is 12.6. The molecular weight excluding hydrogens is 320 g/mol. The van der Waals surface area contributed by atoms with Gasteiger partial charge in [0, 0.05) is 30.2 Å². The fourth-order valence-electron chi connectivity index (χ4n) is 2.82. The number of nitrogens with one attached hydrogen (secondary N) is 1. The van der Waals surface area contributed by atoms with Crippen molar-refractivity contribution in [2.45, 2.75) is 29.9 Å². The van der Waals surface area contributed by atoms with Gasteiger partial charge in [0.25, 0.3) is 10.0 Å². The first-order chi connectivity index (χ1) is 10.5. The molecule has 0 aliphatic carbocycles. The van der Waals surface area contributed by atoms with Gasteiger partial charge < -0.3 is 4.98 Å². The molecule has 1 saturated heterocycles. The summed E-state index contributed by atoms with van der Waals surface area (Å²) in [6.45, 7) is 2.90. The molecule has 3 heterocycles. The average molecular weight is 338 g/mol. The first kappa shape index (κ1) is 15.5. The minimum Gasteiger partial charge on any atom is -0.329 e. The number of H-pyrrole nitrogens is 1. The molecule has 7 heteroatoms. The maximum Gasteiger partial charge on any atom is 0.252 e. The molecule has 1 aliphatic rings. The van der Waals surface area contributed by atoms with E-state index in [-0.39, 0.29) is 11.5 Å². The van der Waals surface area contributed by atoms with Crippen molar-refractivity contribution in [2.75, 3.05) is 13.1 Å². The van der Waals surface area contributed by atoms with E-state index in [1.54, 1.807) is 22.6 Å². The zero-order chi connectivity index (χ0) is 15.7. The largest absolute Gasteiger partial charge is 0.329 e. The van der Waals surface area contributed by atoms with E-state index in [1.807, 2.05) is 19.1 Å². The zero-order valence-corrected chi connectivity index (χ0v) is 13.9. The Morgan fingerprint density at radius 1 is 1.23 bits per heavy atom. The Kier molecular flexibility index (Phi) is 4.20. The van der Waals surface area contributed by atoms with Crippen LogP contribution in [0.25, 0.3) is 0 Å². The molecule has 2 aromatic rings. The van der Waals surface area contributed by atoms with Crippen LogP contribution in [0.3, 0.4) is 0 Å². The van der Waals surface area contributed by atoms with E-state index in [1.165, 1.54) is 11.3 Å². The van der Waals surface area contributed by atoms with E-state index in [2.05, 4.69) is 4.98 Å². The number of nitrogens with zero attached hydrogens (tertiary/aromatic N) is 1. The van der Waals surface area contributed by atoms with Crippen molar-refractivity contribution >= 4 is 21.4 Å². The third-order valence-electron chi connectivity index (χ3n) is 4.03. The predicted molar refractivity (Wildman–Crippen MR) is 86.9 cm³/mol. The van der Waals surface area contributed by atoms with Gasteiger partial charge in [0.1, 0.15) is 4.21 Å². The first-order valence-corrected chi connectivity index (χ1v) is 9.48. The van der Waals surface area contributed by atoms with Crippen molar-refractivity contribution < 1.29 is 8.42 Å². The smallest absolute Gasteiger partial charge is 0.252 e. The molecule has 0 bridgehead atoms. The highest BCUT2D eigenvalue weighted by Gasteiger charge is 2.30. The molecule has 0 aromatic carbocycles. The van der Waals surface area contributed by atoms with Gasteiger partial charge in [-0.2, -0.15) is 4.31 Å². The van der Waals surface area contributed by atoms with E-state index in [4.69, 9.17) is 0 Å². The summed E-state index contributed by atoms with van der Waals surface area (Å²) < 4.78 is 27.1. The van der Waals surface area contributed by atoms with Crippen molar-refractivity contribution in [1.29, 1.82) is 0 Å². The van der Waals surface area contributed by atoms with Crippen molar-refractivity contribution in [3.05, 3.63) is 51.3 Å². The number of rotatable bonds is 3. The predicted octanol–water partition coefficient (Wildman–Crippen LogP) is 2.31. The van der Waals surface area contributed by atoms with Crippen molar-refractivity contribution in [3.63, 3.8) is 0 Å². The van der Waals surface area contributed by atoms with Crippen LogP contribution in [0.4, 0.5) is 0 Å². The molecule has 0 amide bonds. The first-order valence-electron chi connectivity index (χ1n) is 7.22. The Bertz CT molecular complexity index is 815. The van der Waals surface area contributed by atoms with Crippen LogP contribution in [0.1, 0.15) is 29.2 Å². The van der Waals surface area contributed by atoms with Gasteiger partial charge in [-0.15, -0.1) is 11.3 Å². The number of hydrogen-bond acceptors (Lipinski definition) is 4. The van der Waals surface area contributed by atoms with Crippen LogP contribution in [-0.2, 0) is 10.0 Å². The number of aryl methyl sites for hydroxylation is 1. The van der Waals surface area contributed by atoms with Gasteiger partial charge >= 0.3 is 0 Å². The van der Waals surface area contributed by atoms with Gasteiger partial charge in [-0.25, -0.2) is 8.42 Å². The molecule has 2 aromatic heterocycles. The van der Waals surface area contributed by atoms with Gasteiger partial charge in [-0.1, -0.05) is 0 Å². The van der Waals surface area contributed by atoms with Crippen LogP contribution in [0.15, 0.2) is 39.5 Å². The summed E-state index contributed by atoms with van der Waals surface area (Å²) in [7, 11) is -3.37. The second kappa shape index (κ2) is 5.98. The standard InChI is InChI=1S/C15H18N2O3S2/c1-11-2-3-15(21-11)22(19,20)17-8-5-12(6-9-17)13-4-7-16-14(18)10-13/h2-4,7,10,12H,5-6,8-9H2,1H3,(H,16,18). The molecule has 5 nitrogen and oxygen atoms in total. The van der Waals surface area contributed by atoms with Crippen LogP contribution in [0.2, 0.25) is 0 Å². The zero-order valence-electron chi connectivity index (χ0n) is 12.3. The number of piperidine rings is 1. The molecule has 3 rings (SSSR count). The van der Waals surface area contributed by atoms with Gasteiger partial charge in [0.15, 0.2) is 0 Å². The lowest BCUT2D eigenvalue weighted by Gasteiger charge is -2.30. The summed E-state index contributed by atoms with van der Waals surface area (Å²) in [4.78, 5) is 15.0. The van der Waals surface area contributed by atoms with Gasteiger partial charge in [0.2, 0.25) is 5.56 Å². The Hall–Kier alpha value is -1.44. The number of pyridine rings is 1. The van der Waals surface area contributed by atoms with Crippen LogP contribution < -0.4 is 5.56 Å².